The fourth-order valence-corrected chi connectivity index (χ4v) is 2.06. The van der Waals surface area contributed by atoms with Gasteiger partial charge >= 0.3 is 0 Å². The van der Waals surface area contributed by atoms with Crippen molar-refractivity contribution >= 4 is 5.69 Å². The van der Waals surface area contributed by atoms with E-state index in [1.807, 2.05) is 32.9 Å². The first-order chi connectivity index (χ1) is 7.52. The van der Waals surface area contributed by atoms with Crippen LogP contribution in [0.4, 0.5) is 5.69 Å². The summed E-state index contributed by atoms with van der Waals surface area (Å²) in [6, 6.07) is 8.29. The molecule has 1 aromatic rings. The van der Waals surface area contributed by atoms with Crippen molar-refractivity contribution in [3.8, 4) is 11.8 Å². The zero-order valence-corrected chi connectivity index (χ0v) is 9.95. The van der Waals surface area contributed by atoms with Gasteiger partial charge in [-0.25, -0.2) is 0 Å². The van der Waals surface area contributed by atoms with E-state index >= 15 is 0 Å². The van der Waals surface area contributed by atoms with Crippen molar-refractivity contribution in [2.45, 2.75) is 26.4 Å². The molecule has 0 unspecified atom stereocenters. The lowest BCUT2D eigenvalue weighted by Crippen LogP contribution is -2.47. The van der Waals surface area contributed by atoms with Gasteiger partial charge in [0.25, 0.3) is 0 Å². The highest BCUT2D eigenvalue weighted by atomic mass is 16.5. The summed E-state index contributed by atoms with van der Waals surface area (Å²) in [5.41, 5.74) is 1.98. The summed E-state index contributed by atoms with van der Waals surface area (Å²) >= 11 is 0. The number of aryl methyl sites for hydroxylation is 1. The van der Waals surface area contributed by atoms with Gasteiger partial charge in [0.15, 0.2) is 0 Å². The number of hydrogen-bond donors (Lipinski definition) is 0. The van der Waals surface area contributed by atoms with E-state index in [2.05, 4.69) is 17.0 Å². The molecular formula is C13H16N2O. The number of rotatable bonds is 1. The molecule has 1 heterocycles. The van der Waals surface area contributed by atoms with E-state index in [0.717, 1.165) is 18.0 Å². The van der Waals surface area contributed by atoms with Gasteiger partial charge in [0.1, 0.15) is 17.9 Å². The number of ether oxygens (including phenoxy) is 1. The lowest BCUT2D eigenvalue weighted by atomic mass is 10.0. The van der Waals surface area contributed by atoms with Crippen molar-refractivity contribution in [3.63, 3.8) is 0 Å². The maximum atomic E-state index is 8.85. The van der Waals surface area contributed by atoms with E-state index in [-0.39, 0.29) is 5.60 Å². The molecule has 0 spiro atoms. The normalized spacial score (nSPS) is 17.2. The molecule has 1 aliphatic heterocycles. The molecule has 0 aromatic heterocycles. The molecule has 0 saturated heterocycles. The molecular weight excluding hydrogens is 200 g/mol. The fourth-order valence-electron chi connectivity index (χ4n) is 2.06. The van der Waals surface area contributed by atoms with Crippen LogP contribution in [0.1, 0.15) is 19.4 Å². The van der Waals surface area contributed by atoms with E-state index in [0.29, 0.717) is 6.54 Å². The van der Waals surface area contributed by atoms with E-state index in [1.165, 1.54) is 5.56 Å². The minimum absolute atomic E-state index is 0.237. The van der Waals surface area contributed by atoms with Crippen molar-refractivity contribution in [1.29, 1.82) is 5.26 Å². The molecule has 3 heteroatoms. The summed E-state index contributed by atoms with van der Waals surface area (Å²) in [7, 11) is 0. The summed E-state index contributed by atoms with van der Waals surface area (Å²) < 4.78 is 5.90. The van der Waals surface area contributed by atoms with Gasteiger partial charge in [-0.1, -0.05) is 6.07 Å². The van der Waals surface area contributed by atoms with Crippen molar-refractivity contribution in [3.05, 3.63) is 23.8 Å². The highest BCUT2D eigenvalue weighted by molar-refractivity contribution is 5.62. The van der Waals surface area contributed by atoms with Crippen LogP contribution in [0.3, 0.4) is 0 Å². The van der Waals surface area contributed by atoms with Crippen molar-refractivity contribution in [2.75, 3.05) is 18.0 Å². The van der Waals surface area contributed by atoms with E-state index in [1.54, 1.807) is 0 Å². The predicted molar refractivity (Wildman–Crippen MR) is 63.7 cm³/mol. The number of nitriles is 1. The largest absolute Gasteiger partial charge is 0.484 e. The molecule has 1 aliphatic rings. The third-order valence-corrected chi connectivity index (χ3v) is 2.67. The molecule has 3 nitrogen and oxygen atoms in total. The SMILES string of the molecule is Cc1ccc2c(c1)N(CC#N)CC(C)(C)O2. The minimum atomic E-state index is -0.237. The second-order valence-electron chi connectivity index (χ2n) is 4.85. The Balaban J connectivity index is 2.44. The first-order valence-corrected chi connectivity index (χ1v) is 5.43. The molecule has 2 rings (SSSR count). The molecule has 0 aliphatic carbocycles. The average Bonchev–Trinajstić information content (AvgIpc) is 2.18. The van der Waals surface area contributed by atoms with Gasteiger partial charge in [0.2, 0.25) is 0 Å². The highest BCUT2D eigenvalue weighted by Gasteiger charge is 2.31. The molecule has 0 amide bonds. The van der Waals surface area contributed by atoms with Gasteiger partial charge in [-0.05, 0) is 38.5 Å². The third kappa shape index (κ3) is 1.96. The number of nitrogens with zero attached hydrogens (tertiary/aromatic N) is 2. The Morgan fingerprint density at radius 3 is 2.94 bits per heavy atom. The van der Waals surface area contributed by atoms with Gasteiger partial charge in [0, 0.05) is 0 Å². The lowest BCUT2D eigenvalue weighted by Gasteiger charge is -2.40. The monoisotopic (exact) mass is 216 g/mol. The lowest BCUT2D eigenvalue weighted by molar-refractivity contribution is 0.106. The van der Waals surface area contributed by atoms with Crippen molar-refractivity contribution < 1.29 is 4.74 Å². The summed E-state index contributed by atoms with van der Waals surface area (Å²) in [5.74, 6) is 0.872. The maximum absolute atomic E-state index is 8.85. The van der Waals surface area contributed by atoms with Crippen LogP contribution in [-0.2, 0) is 0 Å². The van der Waals surface area contributed by atoms with Crippen LogP contribution in [0.25, 0.3) is 0 Å². The first kappa shape index (κ1) is 10.8. The van der Waals surface area contributed by atoms with Gasteiger partial charge in [-0.3, -0.25) is 0 Å². The van der Waals surface area contributed by atoms with E-state index in [9.17, 15) is 0 Å². The van der Waals surface area contributed by atoms with Gasteiger partial charge in [0.05, 0.1) is 18.3 Å². The Labute approximate surface area is 96.2 Å². The highest BCUT2D eigenvalue weighted by Crippen LogP contribution is 2.37. The Morgan fingerprint density at radius 2 is 2.25 bits per heavy atom. The minimum Gasteiger partial charge on any atom is -0.484 e. The molecule has 16 heavy (non-hydrogen) atoms. The molecule has 0 saturated carbocycles. The quantitative estimate of drug-likeness (QED) is 0.677. The van der Waals surface area contributed by atoms with Crippen LogP contribution in [-0.4, -0.2) is 18.7 Å². The Hall–Kier alpha value is -1.69. The van der Waals surface area contributed by atoms with Crippen molar-refractivity contribution in [1.82, 2.24) is 0 Å². The number of fused-ring (bicyclic) bond motifs is 1. The van der Waals surface area contributed by atoms with Crippen LogP contribution < -0.4 is 9.64 Å². The summed E-state index contributed by atoms with van der Waals surface area (Å²) in [4.78, 5) is 2.08. The van der Waals surface area contributed by atoms with Crippen LogP contribution in [0, 0.1) is 18.3 Å². The number of anilines is 1. The third-order valence-electron chi connectivity index (χ3n) is 2.67. The molecule has 1 aromatic carbocycles. The van der Waals surface area contributed by atoms with Gasteiger partial charge in [-0.2, -0.15) is 5.26 Å². The molecule has 0 radical (unpaired) electrons. The Bertz CT molecular complexity index is 446. The summed E-state index contributed by atoms with van der Waals surface area (Å²) in [6.07, 6.45) is 0. The fraction of sp³-hybridized carbons (Fsp3) is 0.462. The zero-order chi connectivity index (χ0) is 11.8. The Kier molecular flexibility index (Phi) is 2.51. The van der Waals surface area contributed by atoms with Crippen LogP contribution in [0.2, 0.25) is 0 Å². The Morgan fingerprint density at radius 1 is 1.50 bits per heavy atom. The van der Waals surface area contributed by atoms with Crippen molar-refractivity contribution in [2.24, 2.45) is 0 Å². The predicted octanol–water partition coefficient (Wildman–Crippen LogP) is 2.50. The first-order valence-electron chi connectivity index (χ1n) is 5.43. The smallest absolute Gasteiger partial charge is 0.143 e. The topological polar surface area (TPSA) is 36.3 Å². The molecule has 0 fully saturated rings. The molecule has 84 valence electrons. The van der Waals surface area contributed by atoms with E-state index < -0.39 is 0 Å². The summed E-state index contributed by atoms with van der Waals surface area (Å²) in [5, 5.41) is 8.85. The molecule has 0 bridgehead atoms. The number of benzene rings is 1. The second kappa shape index (κ2) is 3.71. The second-order valence-corrected chi connectivity index (χ2v) is 4.85. The standard InChI is InChI=1S/C13H16N2O/c1-10-4-5-12-11(8-10)15(7-6-14)9-13(2,3)16-12/h4-5,8H,7,9H2,1-3H3. The van der Waals surface area contributed by atoms with Crippen LogP contribution in [0.15, 0.2) is 18.2 Å². The maximum Gasteiger partial charge on any atom is 0.143 e. The average molecular weight is 216 g/mol. The van der Waals surface area contributed by atoms with Crippen LogP contribution in [0.5, 0.6) is 5.75 Å². The zero-order valence-electron chi connectivity index (χ0n) is 9.95. The van der Waals surface area contributed by atoms with Gasteiger partial charge in [-0.15, -0.1) is 0 Å². The van der Waals surface area contributed by atoms with Gasteiger partial charge < -0.3 is 9.64 Å². The molecule has 0 N–H and O–H groups in total. The molecule has 0 atom stereocenters. The van der Waals surface area contributed by atoms with E-state index in [4.69, 9.17) is 10.00 Å². The van der Waals surface area contributed by atoms with Crippen LogP contribution >= 0.6 is 0 Å². The number of hydrogen-bond acceptors (Lipinski definition) is 3. The summed E-state index contributed by atoms with van der Waals surface area (Å²) in [6.45, 7) is 7.28.